The van der Waals surface area contributed by atoms with E-state index in [9.17, 15) is 38.4 Å². The van der Waals surface area contributed by atoms with Crippen LogP contribution in [-0.4, -0.2) is 38.6 Å². The number of nitrogens with one attached hydrogen (secondary N) is 5. The van der Waals surface area contributed by atoms with Gasteiger partial charge in [0.05, 0.1) is 17.9 Å². The third-order valence-corrected chi connectivity index (χ3v) is 9.68. The Morgan fingerprint density at radius 1 is 0.640 bits per heavy atom. The van der Waals surface area contributed by atoms with E-state index in [1.807, 2.05) is 32.7 Å². The molecule has 1 fully saturated rings. The third-order valence-electron chi connectivity index (χ3n) is 7.39. The summed E-state index contributed by atoms with van der Waals surface area (Å²) in [6, 6.07) is 0.145. The maximum Gasteiger partial charge on any atom is 0.328 e. The molecule has 0 aromatic carbocycles. The first-order valence-corrected chi connectivity index (χ1v) is 18.6. The number of rotatable bonds is 5. The van der Waals surface area contributed by atoms with Crippen molar-refractivity contribution in [2.24, 2.45) is 5.92 Å². The van der Waals surface area contributed by atoms with Crippen LogP contribution in [0.4, 0.5) is 0 Å². The van der Waals surface area contributed by atoms with Gasteiger partial charge in [0.15, 0.2) is 0 Å². The Morgan fingerprint density at radius 3 is 1.58 bits per heavy atom. The smallest absolute Gasteiger partial charge is 0.313 e. The Labute approximate surface area is 317 Å². The van der Waals surface area contributed by atoms with E-state index in [1.165, 1.54) is 59.8 Å². The lowest BCUT2D eigenvalue weighted by Gasteiger charge is -2.22. The number of aromatic amines is 5. The molecule has 1 atom stereocenters. The van der Waals surface area contributed by atoms with Gasteiger partial charge in [0.1, 0.15) is 0 Å². The van der Waals surface area contributed by atoms with Crippen LogP contribution in [0.25, 0.3) is 0 Å². The van der Waals surface area contributed by atoms with Crippen LogP contribution < -0.4 is 45.0 Å². The van der Waals surface area contributed by atoms with Crippen molar-refractivity contribution in [3.8, 4) is 0 Å². The highest BCUT2D eigenvalue weighted by Crippen LogP contribution is 2.24. The van der Waals surface area contributed by atoms with E-state index in [0.29, 0.717) is 30.4 Å². The zero-order valence-corrected chi connectivity index (χ0v) is 34.0. The molecule has 50 heavy (non-hydrogen) atoms. The zero-order chi connectivity index (χ0) is 37.7. The Balaban J connectivity index is 0.000000236. The Kier molecular flexibility index (Phi) is 17.5. The molecule has 4 aromatic rings. The Morgan fingerprint density at radius 2 is 1.10 bits per heavy atom. The molecule has 0 spiro atoms. The molecule has 0 saturated heterocycles. The molecule has 0 amide bonds. The van der Waals surface area contributed by atoms with Crippen molar-refractivity contribution in [2.75, 3.05) is 0 Å². The first kappa shape index (κ1) is 42.8. The standard InChI is InChI=1S/C11H15BrN2O2.C8H11BrN2O2.C7H9BrN2O2.C4H3BrN2O2/c12-9-7-14(11(16)13-10(9)15)6-8-4-2-1-3-5-8;1-3-5(2)11-4-6(9)7(12)10-8(11)13;1-4(2)10-3-5(8)6(11)9-7(10)12;5-2-1-6-4(9)7-3(2)8/h7-8H,1-6H2,(H,13,15,16);4-5H,3H2,1-2H3,(H,10,12,13);3-4H,1-2H3,(H,9,11,12);1H,(H2,6,7,8,9). The van der Waals surface area contributed by atoms with E-state index in [-0.39, 0.29) is 40.3 Å². The molecule has 0 radical (unpaired) electrons. The molecule has 16 nitrogen and oxygen atoms in total. The molecule has 1 saturated carbocycles. The van der Waals surface area contributed by atoms with Gasteiger partial charge in [0.25, 0.3) is 22.2 Å². The summed E-state index contributed by atoms with van der Waals surface area (Å²) in [6.07, 6.45) is 12.9. The van der Waals surface area contributed by atoms with Crippen LogP contribution in [-0.2, 0) is 6.54 Å². The lowest BCUT2D eigenvalue weighted by Crippen LogP contribution is -2.32. The fourth-order valence-corrected chi connectivity index (χ4v) is 5.69. The fourth-order valence-electron chi connectivity index (χ4n) is 4.49. The van der Waals surface area contributed by atoms with Crippen molar-refractivity contribution in [1.82, 2.24) is 38.6 Å². The third kappa shape index (κ3) is 13.4. The van der Waals surface area contributed by atoms with Crippen molar-refractivity contribution < 1.29 is 0 Å². The number of H-pyrrole nitrogens is 5. The van der Waals surface area contributed by atoms with Crippen LogP contribution >= 0.6 is 63.7 Å². The first-order valence-electron chi connectivity index (χ1n) is 15.4. The second kappa shape index (κ2) is 20.5. The van der Waals surface area contributed by atoms with Gasteiger partial charge in [-0.3, -0.25) is 52.8 Å². The predicted molar refractivity (Wildman–Crippen MR) is 204 cm³/mol. The van der Waals surface area contributed by atoms with Gasteiger partial charge in [0, 0.05) is 43.4 Å². The molecule has 0 aliphatic heterocycles. The lowest BCUT2D eigenvalue weighted by molar-refractivity contribution is 0.314. The molecule has 1 aliphatic carbocycles. The van der Waals surface area contributed by atoms with Crippen LogP contribution in [0.15, 0.2) is 81.0 Å². The first-order chi connectivity index (χ1) is 23.4. The van der Waals surface area contributed by atoms with Gasteiger partial charge in [-0.05, 0) is 110 Å². The van der Waals surface area contributed by atoms with Crippen molar-refractivity contribution in [1.29, 1.82) is 0 Å². The lowest BCUT2D eigenvalue weighted by atomic mass is 9.89. The van der Waals surface area contributed by atoms with E-state index in [2.05, 4.69) is 83.7 Å². The quantitative estimate of drug-likeness (QED) is 0.197. The molecule has 5 N–H and O–H groups in total. The number of hydrogen-bond donors (Lipinski definition) is 5. The molecule has 274 valence electrons. The normalized spacial score (nSPS) is 13.2. The minimum atomic E-state index is -0.497. The molecular formula is C30H38Br4N8O8. The topological polar surface area (TPSA) is 230 Å². The minimum absolute atomic E-state index is 0.0469. The summed E-state index contributed by atoms with van der Waals surface area (Å²) in [5.74, 6) is 0.573. The second-order valence-electron chi connectivity index (χ2n) is 11.5. The molecule has 4 aromatic heterocycles. The van der Waals surface area contributed by atoms with Crippen molar-refractivity contribution in [2.45, 2.75) is 84.8 Å². The molecule has 5 rings (SSSR count). The zero-order valence-electron chi connectivity index (χ0n) is 27.6. The predicted octanol–water partition coefficient (Wildman–Crippen LogP) is 3.86. The highest BCUT2D eigenvalue weighted by atomic mass is 79.9. The molecule has 1 unspecified atom stereocenters. The maximum absolute atomic E-state index is 11.6. The highest BCUT2D eigenvalue weighted by Gasteiger charge is 2.15. The summed E-state index contributed by atoms with van der Waals surface area (Å²) in [6.45, 7) is 8.36. The minimum Gasteiger partial charge on any atom is -0.313 e. The summed E-state index contributed by atoms with van der Waals surface area (Å²) < 4.78 is 6.05. The maximum atomic E-state index is 11.6. The van der Waals surface area contributed by atoms with Gasteiger partial charge in [0.2, 0.25) is 0 Å². The number of hydrogen-bond acceptors (Lipinski definition) is 8. The van der Waals surface area contributed by atoms with E-state index >= 15 is 0 Å². The SMILES string of the molecule is CC(C)n1cc(Br)c(=O)[nH]c1=O.CCC(C)n1cc(Br)c(=O)[nH]c1=O.O=c1[nH]c(=O)n(CC2CCCCC2)cc1Br.O=c1[nH]cc(Br)c(=O)[nH]1. The van der Waals surface area contributed by atoms with Gasteiger partial charge >= 0.3 is 22.8 Å². The van der Waals surface area contributed by atoms with Crippen LogP contribution in [0.3, 0.4) is 0 Å². The van der Waals surface area contributed by atoms with Crippen molar-refractivity contribution in [3.05, 3.63) is 126 Å². The molecule has 20 heteroatoms. The van der Waals surface area contributed by atoms with Crippen LogP contribution in [0.1, 0.15) is 78.3 Å². The van der Waals surface area contributed by atoms with Crippen molar-refractivity contribution in [3.63, 3.8) is 0 Å². The van der Waals surface area contributed by atoms with Gasteiger partial charge in [-0.15, -0.1) is 0 Å². The van der Waals surface area contributed by atoms with E-state index in [0.717, 1.165) is 6.42 Å². The van der Waals surface area contributed by atoms with E-state index in [4.69, 9.17) is 0 Å². The molecule has 0 bridgehead atoms. The fraction of sp³-hybridized carbons (Fsp3) is 0.467. The Hall–Kier alpha value is -3.36. The molecule has 4 heterocycles. The van der Waals surface area contributed by atoms with Crippen LogP contribution in [0.5, 0.6) is 0 Å². The number of halogens is 4. The molecule has 1 aliphatic rings. The molecular weight excluding hydrogens is 920 g/mol. The highest BCUT2D eigenvalue weighted by molar-refractivity contribution is 9.11. The number of aromatic nitrogens is 8. The average Bonchev–Trinajstić information content (AvgIpc) is 3.06. The monoisotopic (exact) mass is 954 g/mol. The van der Waals surface area contributed by atoms with Gasteiger partial charge in [-0.25, -0.2) is 19.2 Å². The van der Waals surface area contributed by atoms with Gasteiger partial charge in [-0.2, -0.15) is 0 Å². The van der Waals surface area contributed by atoms with E-state index < -0.39 is 16.8 Å². The average molecular weight is 958 g/mol. The van der Waals surface area contributed by atoms with Gasteiger partial charge < -0.3 is 4.98 Å². The summed E-state index contributed by atoms with van der Waals surface area (Å²) in [4.78, 5) is 98.9. The van der Waals surface area contributed by atoms with Crippen LogP contribution in [0.2, 0.25) is 0 Å². The summed E-state index contributed by atoms with van der Waals surface area (Å²) >= 11 is 12.2. The summed E-state index contributed by atoms with van der Waals surface area (Å²) in [7, 11) is 0. The summed E-state index contributed by atoms with van der Waals surface area (Å²) in [5.41, 5.74) is -3.09. The Bertz CT molecular complexity index is 2210. The number of nitrogens with zero attached hydrogens (tertiary/aromatic N) is 3. The van der Waals surface area contributed by atoms with Crippen LogP contribution in [0, 0.1) is 5.92 Å². The van der Waals surface area contributed by atoms with Crippen molar-refractivity contribution >= 4 is 63.7 Å². The summed E-state index contributed by atoms with van der Waals surface area (Å²) in [5, 5.41) is 0. The van der Waals surface area contributed by atoms with E-state index in [1.54, 1.807) is 10.8 Å². The van der Waals surface area contributed by atoms with Gasteiger partial charge in [-0.1, -0.05) is 26.2 Å². The largest absolute Gasteiger partial charge is 0.328 e. The second-order valence-corrected chi connectivity index (χ2v) is 14.9.